The van der Waals surface area contributed by atoms with Gasteiger partial charge < -0.3 is 0 Å². The summed E-state index contributed by atoms with van der Waals surface area (Å²) in [6.45, 7) is 1.37. The van der Waals surface area contributed by atoms with Crippen LogP contribution in [0.4, 0.5) is 0 Å². The molecular formula is C2H8NaO3S2. The van der Waals surface area contributed by atoms with E-state index in [4.69, 9.17) is 4.55 Å². The van der Waals surface area contributed by atoms with E-state index in [1.807, 2.05) is 0 Å². The third-order valence-corrected chi connectivity index (χ3v) is 1.09. The fourth-order valence-corrected chi connectivity index (χ4v) is 0. The standard InChI is InChI=1S/C2H6O3S.Na.H2S/c1-2-6(3,4)5;;/h2H2,1H3,(H,3,4,5);;1H2. The second-order valence-corrected chi connectivity index (χ2v) is 2.61. The molecule has 8 heavy (non-hydrogen) atoms. The summed E-state index contributed by atoms with van der Waals surface area (Å²) in [6, 6.07) is 0. The van der Waals surface area contributed by atoms with E-state index in [0.717, 1.165) is 0 Å². The summed E-state index contributed by atoms with van der Waals surface area (Å²) in [5.74, 6) is -0.201. The molecule has 1 radical (unpaired) electrons. The smallest absolute Gasteiger partial charge is 0.264 e. The first-order valence-corrected chi connectivity index (χ1v) is 3.12. The van der Waals surface area contributed by atoms with Gasteiger partial charge in [0, 0.05) is 29.6 Å². The first-order valence-electron chi connectivity index (χ1n) is 1.51. The second kappa shape index (κ2) is 6.38. The first-order chi connectivity index (χ1) is 2.56. The first kappa shape index (κ1) is 16.1. The van der Waals surface area contributed by atoms with E-state index in [2.05, 4.69) is 0 Å². The molecule has 1 N–H and O–H groups in total. The van der Waals surface area contributed by atoms with E-state index in [9.17, 15) is 8.42 Å². The fraction of sp³-hybridized carbons (Fsp3) is 1.00. The van der Waals surface area contributed by atoms with Crippen LogP contribution < -0.4 is 0 Å². The number of hydrogen-bond acceptors (Lipinski definition) is 2. The Balaban J connectivity index is -0.000000125. The molecule has 0 aliphatic heterocycles. The Morgan fingerprint density at radius 3 is 1.62 bits per heavy atom. The molecule has 3 nitrogen and oxygen atoms in total. The molecule has 0 heterocycles. The van der Waals surface area contributed by atoms with Gasteiger partial charge in [0.2, 0.25) is 0 Å². The van der Waals surface area contributed by atoms with Crippen molar-refractivity contribution in [1.29, 1.82) is 0 Å². The van der Waals surface area contributed by atoms with Gasteiger partial charge in [-0.1, -0.05) is 0 Å². The van der Waals surface area contributed by atoms with Crippen molar-refractivity contribution in [1.82, 2.24) is 0 Å². The Bertz CT molecular complexity index is 117. The second-order valence-electron chi connectivity index (χ2n) is 0.871. The van der Waals surface area contributed by atoms with Crippen LogP contribution in [-0.2, 0) is 10.1 Å². The zero-order chi connectivity index (χ0) is 5.21. The summed E-state index contributed by atoms with van der Waals surface area (Å²) in [5.41, 5.74) is 0. The Labute approximate surface area is 78.3 Å². The number of hydrogen-bond donors (Lipinski definition) is 1. The van der Waals surface area contributed by atoms with Crippen LogP contribution in [0.25, 0.3) is 0 Å². The Hall–Kier alpha value is 1.26. The minimum Gasteiger partial charge on any atom is -0.286 e. The molecule has 0 saturated heterocycles. The molecule has 47 valence electrons. The molecule has 0 atom stereocenters. The average molecular weight is 167 g/mol. The minimum atomic E-state index is -3.66. The van der Waals surface area contributed by atoms with E-state index in [0.29, 0.717) is 0 Å². The molecule has 6 heteroatoms. The zero-order valence-corrected chi connectivity index (χ0v) is 8.70. The molecular weight excluding hydrogens is 159 g/mol. The molecule has 0 aliphatic carbocycles. The van der Waals surface area contributed by atoms with Crippen LogP contribution in [-0.4, -0.2) is 48.3 Å². The van der Waals surface area contributed by atoms with Crippen LogP contribution >= 0.6 is 13.5 Å². The zero-order valence-electron chi connectivity index (χ0n) is 4.88. The van der Waals surface area contributed by atoms with E-state index in [-0.39, 0.29) is 48.8 Å². The van der Waals surface area contributed by atoms with Crippen LogP contribution in [0.15, 0.2) is 0 Å². The van der Waals surface area contributed by atoms with Crippen LogP contribution in [0.5, 0.6) is 0 Å². The van der Waals surface area contributed by atoms with Gasteiger partial charge in [-0.2, -0.15) is 21.9 Å². The summed E-state index contributed by atoms with van der Waals surface area (Å²) in [7, 11) is -3.66. The molecule has 0 aromatic heterocycles. The molecule has 0 unspecified atom stereocenters. The van der Waals surface area contributed by atoms with E-state index in [1.165, 1.54) is 6.92 Å². The molecule has 0 amide bonds. The Morgan fingerprint density at radius 1 is 1.50 bits per heavy atom. The maximum atomic E-state index is 9.56. The Morgan fingerprint density at radius 2 is 1.62 bits per heavy atom. The summed E-state index contributed by atoms with van der Waals surface area (Å²) < 4.78 is 26.9. The summed E-state index contributed by atoms with van der Waals surface area (Å²) in [4.78, 5) is 0. The van der Waals surface area contributed by atoms with Gasteiger partial charge in [0.05, 0.1) is 5.75 Å². The van der Waals surface area contributed by atoms with Gasteiger partial charge in [-0.15, -0.1) is 0 Å². The third-order valence-electron chi connectivity index (χ3n) is 0.365. The van der Waals surface area contributed by atoms with Gasteiger partial charge in [0.15, 0.2) is 0 Å². The van der Waals surface area contributed by atoms with E-state index >= 15 is 0 Å². The molecule has 0 aromatic rings. The SMILES string of the molecule is CCS(=O)(=O)O.S.[Na]. The third kappa shape index (κ3) is 15.7. The Kier molecular flexibility index (Phi) is 12.9. The quantitative estimate of drug-likeness (QED) is 0.428. The van der Waals surface area contributed by atoms with Gasteiger partial charge in [-0.25, -0.2) is 0 Å². The largest absolute Gasteiger partial charge is 0.286 e. The van der Waals surface area contributed by atoms with Gasteiger partial charge in [-0.3, -0.25) is 4.55 Å². The van der Waals surface area contributed by atoms with Crippen molar-refractivity contribution < 1.29 is 13.0 Å². The molecule has 0 fully saturated rings. The predicted molar refractivity (Wildman–Crippen MR) is 38.2 cm³/mol. The molecule has 0 spiro atoms. The number of rotatable bonds is 1. The molecule has 0 aromatic carbocycles. The summed E-state index contributed by atoms with van der Waals surface area (Å²) in [6.07, 6.45) is 0. The minimum absolute atomic E-state index is 0. The van der Waals surface area contributed by atoms with Crippen molar-refractivity contribution in [2.45, 2.75) is 6.92 Å². The molecule has 0 saturated carbocycles. The van der Waals surface area contributed by atoms with Crippen molar-refractivity contribution in [3.63, 3.8) is 0 Å². The van der Waals surface area contributed by atoms with Crippen LogP contribution in [0.3, 0.4) is 0 Å². The van der Waals surface area contributed by atoms with E-state index in [1.54, 1.807) is 0 Å². The van der Waals surface area contributed by atoms with Crippen LogP contribution in [0.1, 0.15) is 6.92 Å². The molecule has 0 bridgehead atoms. The maximum Gasteiger partial charge on any atom is 0.264 e. The van der Waals surface area contributed by atoms with Crippen molar-refractivity contribution in [2.75, 3.05) is 5.75 Å². The topological polar surface area (TPSA) is 54.4 Å². The van der Waals surface area contributed by atoms with Gasteiger partial charge in [-0.05, 0) is 6.92 Å². The summed E-state index contributed by atoms with van der Waals surface area (Å²) >= 11 is 0. The van der Waals surface area contributed by atoms with Crippen molar-refractivity contribution in [3.8, 4) is 0 Å². The predicted octanol–water partition coefficient (Wildman–Crippen LogP) is -0.374. The van der Waals surface area contributed by atoms with Crippen LogP contribution in [0, 0.1) is 0 Å². The van der Waals surface area contributed by atoms with Crippen molar-refractivity contribution in [3.05, 3.63) is 0 Å². The molecule has 0 rings (SSSR count). The fourth-order valence-electron chi connectivity index (χ4n) is 0. The van der Waals surface area contributed by atoms with Gasteiger partial charge >= 0.3 is 0 Å². The van der Waals surface area contributed by atoms with Crippen molar-refractivity contribution >= 4 is 53.2 Å². The van der Waals surface area contributed by atoms with Crippen LogP contribution in [0.2, 0.25) is 0 Å². The monoisotopic (exact) mass is 167 g/mol. The van der Waals surface area contributed by atoms with Gasteiger partial charge in [0.25, 0.3) is 10.1 Å². The normalized spacial score (nSPS) is 8.75. The van der Waals surface area contributed by atoms with E-state index < -0.39 is 10.1 Å². The maximum absolute atomic E-state index is 9.56. The molecule has 0 aliphatic rings. The summed E-state index contributed by atoms with van der Waals surface area (Å²) in [5, 5.41) is 0. The van der Waals surface area contributed by atoms with Crippen molar-refractivity contribution in [2.24, 2.45) is 0 Å². The van der Waals surface area contributed by atoms with Gasteiger partial charge in [0.1, 0.15) is 0 Å². The average Bonchev–Trinajstić information content (AvgIpc) is 1.35.